The van der Waals surface area contributed by atoms with Crippen LogP contribution in [0.15, 0.2) is 18.2 Å². The van der Waals surface area contributed by atoms with Crippen molar-refractivity contribution in [2.24, 2.45) is 0 Å². The Morgan fingerprint density at radius 3 is 2.73 bits per heavy atom. The number of alkyl halides is 1. The van der Waals surface area contributed by atoms with Gasteiger partial charge in [-0.1, -0.05) is 40.5 Å². The smallest absolute Gasteiger partial charge is 0.142 e. The largest absolute Gasteiger partial charge is 0.299 e. The van der Waals surface area contributed by atoms with E-state index in [4.69, 9.17) is 11.6 Å². The van der Waals surface area contributed by atoms with E-state index < -0.39 is 0 Å². The molecule has 1 rings (SSSR count). The quantitative estimate of drug-likeness (QED) is 0.749. The van der Waals surface area contributed by atoms with Gasteiger partial charge in [0, 0.05) is 18.4 Å². The fourth-order valence-corrected chi connectivity index (χ4v) is 1.98. The lowest BCUT2D eigenvalue weighted by Crippen LogP contribution is -2.24. The minimum absolute atomic E-state index is 0.183. The maximum Gasteiger partial charge on any atom is 0.142 e. The Morgan fingerprint density at radius 1 is 1.47 bits per heavy atom. The highest BCUT2D eigenvalue weighted by atomic mass is 79.9. The molecule has 84 valence electrons. The highest BCUT2D eigenvalue weighted by Crippen LogP contribution is 2.16. The van der Waals surface area contributed by atoms with Crippen LogP contribution < -0.4 is 0 Å². The molecule has 0 amide bonds. The van der Waals surface area contributed by atoms with Gasteiger partial charge in [0.05, 0.1) is 5.02 Å². The van der Waals surface area contributed by atoms with E-state index in [1.807, 2.05) is 6.07 Å². The summed E-state index contributed by atoms with van der Waals surface area (Å²) < 4.78 is 13.2. The summed E-state index contributed by atoms with van der Waals surface area (Å²) in [7, 11) is 0. The molecule has 0 N–H and O–H groups in total. The van der Waals surface area contributed by atoms with Crippen LogP contribution >= 0.6 is 27.5 Å². The first-order valence-corrected chi connectivity index (χ1v) is 6.39. The van der Waals surface area contributed by atoms with E-state index in [1.54, 1.807) is 6.07 Å². The summed E-state index contributed by atoms with van der Waals surface area (Å²) in [5, 5.41) is 1.11. The van der Waals surface area contributed by atoms with Crippen LogP contribution in [-0.4, -0.2) is 23.3 Å². The van der Waals surface area contributed by atoms with Gasteiger partial charge >= 0.3 is 0 Å². The molecule has 0 aliphatic rings. The van der Waals surface area contributed by atoms with Crippen molar-refractivity contribution in [3.05, 3.63) is 34.6 Å². The molecular formula is C11H14BrClFN. The molecule has 0 aliphatic heterocycles. The molecule has 0 atom stereocenters. The van der Waals surface area contributed by atoms with Crippen LogP contribution in [0.4, 0.5) is 4.39 Å². The Labute approximate surface area is 103 Å². The van der Waals surface area contributed by atoms with Crippen LogP contribution in [0.5, 0.6) is 0 Å². The molecule has 0 bridgehead atoms. The highest BCUT2D eigenvalue weighted by Gasteiger charge is 2.05. The summed E-state index contributed by atoms with van der Waals surface area (Å²) in [5.74, 6) is -0.343. The van der Waals surface area contributed by atoms with Gasteiger partial charge in [-0.05, 0) is 24.2 Å². The average Bonchev–Trinajstić information content (AvgIpc) is 2.23. The Bertz CT molecular complexity index is 319. The molecule has 0 unspecified atom stereocenters. The summed E-state index contributed by atoms with van der Waals surface area (Å²) in [6.07, 6.45) is 0. The third-order valence-electron chi connectivity index (χ3n) is 2.24. The zero-order valence-electron chi connectivity index (χ0n) is 8.64. The zero-order valence-corrected chi connectivity index (χ0v) is 11.0. The van der Waals surface area contributed by atoms with Crippen LogP contribution in [-0.2, 0) is 6.54 Å². The van der Waals surface area contributed by atoms with Crippen LogP contribution in [0.2, 0.25) is 5.02 Å². The van der Waals surface area contributed by atoms with Crippen molar-refractivity contribution < 1.29 is 4.39 Å². The number of rotatable bonds is 5. The van der Waals surface area contributed by atoms with Gasteiger partial charge in [0.2, 0.25) is 0 Å². The van der Waals surface area contributed by atoms with E-state index >= 15 is 0 Å². The molecule has 15 heavy (non-hydrogen) atoms. The molecule has 1 aromatic carbocycles. The molecule has 1 nitrogen and oxygen atoms in total. The molecule has 4 heteroatoms. The SMILES string of the molecule is CCN(CCBr)Cc1ccc(Cl)c(F)c1. The Morgan fingerprint density at radius 2 is 2.20 bits per heavy atom. The van der Waals surface area contributed by atoms with Crippen molar-refractivity contribution >= 4 is 27.5 Å². The van der Waals surface area contributed by atoms with E-state index in [-0.39, 0.29) is 10.8 Å². The van der Waals surface area contributed by atoms with E-state index in [0.717, 1.165) is 30.5 Å². The first kappa shape index (κ1) is 12.9. The van der Waals surface area contributed by atoms with Crippen molar-refractivity contribution in [3.8, 4) is 0 Å². The second-order valence-corrected chi connectivity index (χ2v) is 4.51. The van der Waals surface area contributed by atoms with Gasteiger partial charge in [0.25, 0.3) is 0 Å². The van der Waals surface area contributed by atoms with Crippen molar-refractivity contribution in [2.75, 3.05) is 18.4 Å². The molecule has 0 aromatic heterocycles. The molecular weight excluding hydrogens is 280 g/mol. The standard InChI is InChI=1S/C11H14BrClFN/c1-2-15(6-5-12)8-9-3-4-10(13)11(14)7-9/h3-4,7H,2,5-6,8H2,1H3. The van der Waals surface area contributed by atoms with Crippen LogP contribution in [0, 0.1) is 5.82 Å². The third kappa shape index (κ3) is 4.09. The van der Waals surface area contributed by atoms with Gasteiger partial charge < -0.3 is 0 Å². The van der Waals surface area contributed by atoms with E-state index in [2.05, 4.69) is 27.8 Å². The Hall–Kier alpha value is -0.120. The van der Waals surface area contributed by atoms with Gasteiger partial charge in [0.15, 0.2) is 0 Å². The number of nitrogens with zero attached hydrogens (tertiary/aromatic N) is 1. The molecule has 0 saturated heterocycles. The van der Waals surface area contributed by atoms with Gasteiger partial charge in [-0.2, -0.15) is 0 Å². The number of benzene rings is 1. The number of hydrogen-bond donors (Lipinski definition) is 0. The topological polar surface area (TPSA) is 3.24 Å². The van der Waals surface area contributed by atoms with Crippen molar-refractivity contribution in [1.29, 1.82) is 0 Å². The second kappa shape index (κ2) is 6.46. The van der Waals surface area contributed by atoms with Gasteiger partial charge in [0.1, 0.15) is 5.82 Å². The van der Waals surface area contributed by atoms with Crippen LogP contribution in [0.1, 0.15) is 12.5 Å². The second-order valence-electron chi connectivity index (χ2n) is 3.31. The fourth-order valence-electron chi connectivity index (χ4n) is 1.36. The highest BCUT2D eigenvalue weighted by molar-refractivity contribution is 9.09. The lowest BCUT2D eigenvalue weighted by molar-refractivity contribution is 0.298. The van der Waals surface area contributed by atoms with Crippen LogP contribution in [0.3, 0.4) is 0 Å². The first-order valence-electron chi connectivity index (χ1n) is 4.89. The maximum atomic E-state index is 13.2. The van der Waals surface area contributed by atoms with Gasteiger partial charge in [-0.15, -0.1) is 0 Å². The van der Waals surface area contributed by atoms with Crippen molar-refractivity contribution in [3.63, 3.8) is 0 Å². The van der Waals surface area contributed by atoms with Crippen LogP contribution in [0.25, 0.3) is 0 Å². The Kier molecular flexibility index (Phi) is 5.58. The van der Waals surface area contributed by atoms with Gasteiger partial charge in [-0.25, -0.2) is 4.39 Å². The molecule has 0 radical (unpaired) electrons. The molecule has 0 aliphatic carbocycles. The number of hydrogen-bond acceptors (Lipinski definition) is 1. The lowest BCUT2D eigenvalue weighted by Gasteiger charge is -2.19. The minimum Gasteiger partial charge on any atom is -0.299 e. The predicted octanol–water partition coefficient (Wildman–Crippen LogP) is 3.70. The van der Waals surface area contributed by atoms with E-state index in [0.29, 0.717) is 0 Å². The Balaban J connectivity index is 2.66. The predicted molar refractivity (Wildman–Crippen MR) is 66.2 cm³/mol. The first-order chi connectivity index (χ1) is 7.17. The normalized spacial score (nSPS) is 11.0. The summed E-state index contributed by atoms with van der Waals surface area (Å²) in [5.41, 5.74) is 0.958. The zero-order chi connectivity index (χ0) is 11.3. The third-order valence-corrected chi connectivity index (χ3v) is 2.90. The molecule has 1 aromatic rings. The molecule has 0 heterocycles. The molecule has 0 fully saturated rings. The van der Waals surface area contributed by atoms with E-state index in [9.17, 15) is 4.39 Å². The summed E-state index contributed by atoms with van der Waals surface area (Å²) in [6.45, 7) is 4.77. The summed E-state index contributed by atoms with van der Waals surface area (Å²) >= 11 is 9.01. The summed E-state index contributed by atoms with van der Waals surface area (Å²) in [6, 6.07) is 4.97. The van der Waals surface area contributed by atoms with Gasteiger partial charge in [-0.3, -0.25) is 4.90 Å². The summed E-state index contributed by atoms with van der Waals surface area (Å²) in [4.78, 5) is 2.23. The van der Waals surface area contributed by atoms with Crippen molar-refractivity contribution in [2.45, 2.75) is 13.5 Å². The molecule has 0 saturated carbocycles. The molecule has 0 spiro atoms. The lowest BCUT2D eigenvalue weighted by atomic mass is 10.2. The fraction of sp³-hybridized carbons (Fsp3) is 0.455. The minimum atomic E-state index is -0.343. The number of halogens is 3. The van der Waals surface area contributed by atoms with E-state index in [1.165, 1.54) is 6.07 Å². The average molecular weight is 295 g/mol. The van der Waals surface area contributed by atoms with Crippen molar-refractivity contribution in [1.82, 2.24) is 4.90 Å². The monoisotopic (exact) mass is 293 g/mol. The maximum absolute atomic E-state index is 13.2.